The maximum absolute atomic E-state index is 3.62. The average Bonchev–Trinajstić information content (AvgIpc) is 2.38. The standard InChI is InChI=1S/C17H30N2/c1-6-12-19(14(3)4)13-17(18-7-2)16-10-8-15(5)9-11-16/h8-11,14,17-18H,6-7,12-13H2,1-5H3. The Balaban J connectivity index is 2.78. The lowest BCUT2D eigenvalue weighted by Gasteiger charge is -2.31. The van der Waals surface area contributed by atoms with Crippen molar-refractivity contribution in [1.82, 2.24) is 10.2 Å². The molecule has 1 unspecified atom stereocenters. The summed E-state index contributed by atoms with van der Waals surface area (Å²) >= 11 is 0. The van der Waals surface area contributed by atoms with E-state index in [1.807, 2.05) is 0 Å². The number of likely N-dealkylation sites (N-methyl/N-ethyl adjacent to an activating group) is 1. The van der Waals surface area contributed by atoms with Crippen molar-refractivity contribution in [1.29, 1.82) is 0 Å². The lowest BCUT2D eigenvalue weighted by molar-refractivity contribution is 0.198. The molecular weight excluding hydrogens is 232 g/mol. The van der Waals surface area contributed by atoms with Crippen LogP contribution >= 0.6 is 0 Å². The quantitative estimate of drug-likeness (QED) is 0.767. The Morgan fingerprint density at radius 1 is 1.11 bits per heavy atom. The number of nitrogens with one attached hydrogen (secondary N) is 1. The summed E-state index contributed by atoms with van der Waals surface area (Å²) in [6.45, 7) is 14.4. The molecule has 0 fully saturated rings. The van der Waals surface area contributed by atoms with E-state index in [-0.39, 0.29) is 0 Å². The van der Waals surface area contributed by atoms with E-state index in [1.165, 1.54) is 24.1 Å². The zero-order valence-electron chi connectivity index (χ0n) is 13.2. The third kappa shape index (κ3) is 5.33. The van der Waals surface area contributed by atoms with Gasteiger partial charge in [-0.3, -0.25) is 4.90 Å². The van der Waals surface area contributed by atoms with Gasteiger partial charge in [-0.25, -0.2) is 0 Å². The molecule has 0 heterocycles. The topological polar surface area (TPSA) is 15.3 Å². The van der Waals surface area contributed by atoms with Gasteiger partial charge in [-0.1, -0.05) is 43.7 Å². The van der Waals surface area contributed by atoms with Gasteiger partial charge in [-0.05, 0) is 45.8 Å². The fourth-order valence-electron chi connectivity index (χ4n) is 2.41. The van der Waals surface area contributed by atoms with E-state index in [0.29, 0.717) is 12.1 Å². The summed E-state index contributed by atoms with van der Waals surface area (Å²) in [5.41, 5.74) is 2.72. The molecule has 19 heavy (non-hydrogen) atoms. The summed E-state index contributed by atoms with van der Waals surface area (Å²) in [7, 11) is 0. The van der Waals surface area contributed by atoms with Crippen molar-refractivity contribution in [2.24, 2.45) is 0 Å². The van der Waals surface area contributed by atoms with E-state index in [2.05, 4.69) is 69.1 Å². The van der Waals surface area contributed by atoms with Gasteiger partial charge in [-0.2, -0.15) is 0 Å². The molecule has 0 amide bonds. The first-order valence-corrected chi connectivity index (χ1v) is 7.62. The minimum absolute atomic E-state index is 0.430. The smallest absolute Gasteiger partial charge is 0.0449 e. The molecule has 0 saturated heterocycles. The third-order valence-electron chi connectivity index (χ3n) is 3.59. The van der Waals surface area contributed by atoms with Gasteiger partial charge in [0.15, 0.2) is 0 Å². The molecule has 1 N–H and O–H groups in total. The van der Waals surface area contributed by atoms with Gasteiger partial charge >= 0.3 is 0 Å². The molecular formula is C17H30N2. The number of nitrogens with zero attached hydrogens (tertiary/aromatic N) is 1. The van der Waals surface area contributed by atoms with E-state index >= 15 is 0 Å². The number of benzene rings is 1. The maximum Gasteiger partial charge on any atom is 0.0449 e. The van der Waals surface area contributed by atoms with Crippen LogP contribution in [0.1, 0.15) is 51.3 Å². The SMILES string of the molecule is CCCN(CC(NCC)c1ccc(C)cc1)C(C)C. The van der Waals surface area contributed by atoms with Crippen molar-refractivity contribution in [2.75, 3.05) is 19.6 Å². The van der Waals surface area contributed by atoms with Crippen molar-refractivity contribution < 1.29 is 0 Å². The molecule has 0 radical (unpaired) electrons. The molecule has 1 atom stereocenters. The number of aryl methyl sites for hydroxylation is 1. The van der Waals surface area contributed by atoms with Crippen molar-refractivity contribution in [2.45, 2.75) is 53.1 Å². The predicted molar refractivity (Wildman–Crippen MR) is 84.6 cm³/mol. The monoisotopic (exact) mass is 262 g/mol. The molecule has 0 aliphatic heterocycles. The minimum Gasteiger partial charge on any atom is -0.309 e. The van der Waals surface area contributed by atoms with Crippen molar-refractivity contribution in [3.05, 3.63) is 35.4 Å². The van der Waals surface area contributed by atoms with Crippen LogP contribution in [0.4, 0.5) is 0 Å². The molecule has 0 spiro atoms. The molecule has 0 saturated carbocycles. The highest BCUT2D eigenvalue weighted by atomic mass is 15.2. The van der Waals surface area contributed by atoms with Crippen LogP contribution in [0.3, 0.4) is 0 Å². The molecule has 0 bridgehead atoms. The van der Waals surface area contributed by atoms with Crippen molar-refractivity contribution in [3.8, 4) is 0 Å². The third-order valence-corrected chi connectivity index (χ3v) is 3.59. The van der Waals surface area contributed by atoms with Gasteiger partial charge in [0.1, 0.15) is 0 Å². The number of hydrogen-bond acceptors (Lipinski definition) is 2. The van der Waals surface area contributed by atoms with Crippen LogP contribution < -0.4 is 5.32 Å². The second-order valence-corrected chi connectivity index (χ2v) is 5.61. The Bertz CT molecular complexity index is 343. The van der Waals surface area contributed by atoms with E-state index < -0.39 is 0 Å². The minimum atomic E-state index is 0.430. The van der Waals surface area contributed by atoms with Gasteiger partial charge in [0.25, 0.3) is 0 Å². The second-order valence-electron chi connectivity index (χ2n) is 5.61. The normalized spacial score (nSPS) is 13.2. The Morgan fingerprint density at radius 2 is 1.74 bits per heavy atom. The summed E-state index contributed by atoms with van der Waals surface area (Å²) in [5, 5.41) is 3.62. The molecule has 1 rings (SSSR count). The highest BCUT2D eigenvalue weighted by molar-refractivity contribution is 5.24. The Labute approximate surface area is 119 Å². The molecule has 1 aromatic carbocycles. The summed E-state index contributed by atoms with van der Waals surface area (Å²) in [6, 6.07) is 9.96. The lowest BCUT2D eigenvalue weighted by atomic mass is 10.0. The van der Waals surface area contributed by atoms with Crippen LogP contribution in [0.5, 0.6) is 0 Å². The first kappa shape index (κ1) is 16.2. The maximum atomic E-state index is 3.62. The molecule has 2 heteroatoms. The highest BCUT2D eigenvalue weighted by Gasteiger charge is 2.16. The van der Waals surface area contributed by atoms with E-state index in [0.717, 1.165) is 13.1 Å². The fraction of sp³-hybridized carbons (Fsp3) is 0.647. The average molecular weight is 262 g/mol. The Morgan fingerprint density at radius 3 is 2.21 bits per heavy atom. The van der Waals surface area contributed by atoms with Crippen LogP contribution in [0.15, 0.2) is 24.3 Å². The van der Waals surface area contributed by atoms with Crippen LogP contribution in [0, 0.1) is 6.92 Å². The first-order valence-electron chi connectivity index (χ1n) is 7.62. The predicted octanol–water partition coefficient (Wildman–Crippen LogP) is 3.77. The number of hydrogen-bond donors (Lipinski definition) is 1. The van der Waals surface area contributed by atoms with Gasteiger partial charge in [0.2, 0.25) is 0 Å². The molecule has 2 nitrogen and oxygen atoms in total. The van der Waals surface area contributed by atoms with Gasteiger partial charge in [0.05, 0.1) is 0 Å². The van der Waals surface area contributed by atoms with Crippen LogP contribution in [-0.4, -0.2) is 30.6 Å². The summed E-state index contributed by atoms with van der Waals surface area (Å²) in [4.78, 5) is 2.56. The van der Waals surface area contributed by atoms with E-state index in [1.54, 1.807) is 0 Å². The molecule has 108 valence electrons. The van der Waals surface area contributed by atoms with Gasteiger partial charge in [0, 0.05) is 18.6 Å². The van der Waals surface area contributed by atoms with Crippen molar-refractivity contribution in [3.63, 3.8) is 0 Å². The molecule has 0 aliphatic carbocycles. The first-order chi connectivity index (χ1) is 9.08. The van der Waals surface area contributed by atoms with Crippen LogP contribution in [-0.2, 0) is 0 Å². The van der Waals surface area contributed by atoms with Crippen LogP contribution in [0.25, 0.3) is 0 Å². The van der Waals surface area contributed by atoms with Gasteiger partial charge in [-0.15, -0.1) is 0 Å². The summed E-state index contributed by atoms with van der Waals surface area (Å²) in [5.74, 6) is 0. The van der Waals surface area contributed by atoms with E-state index in [9.17, 15) is 0 Å². The molecule has 1 aromatic rings. The lowest BCUT2D eigenvalue weighted by Crippen LogP contribution is -2.39. The zero-order valence-corrected chi connectivity index (χ0v) is 13.2. The Hall–Kier alpha value is -0.860. The largest absolute Gasteiger partial charge is 0.309 e. The fourth-order valence-corrected chi connectivity index (χ4v) is 2.41. The Kier molecular flexibility index (Phi) is 7.11. The molecule has 0 aromatic heterocycles. The van der Waals surface area contributed by atoms with E-state index in [4.69, 9.17) is 0 Å². The summed E-state index contributed by atoms with van der Waals surface area (Å²) < 4.78 is 0. The number of rotatable bonds is 8. The second kappa shape index (κ2) is 8.34. The van der Waals surface area contributed by atoms with Crippen molar-refractivity contribution >= 4 is 0 Å². The highest BCUT2D eigenvalue weighted by Crippen LogP contribution is 2.17. The summed E-state index contributed by atoms with van der Waals surface area (Å²) in [6.07, 6.45) is 1.21. The zero-order chi connectivity index (χ0) is 14.3. The van der Waals surface area contributed by atoms with Gasteiger partial charge < -0.3 is 5.32 Å². The van der Waals surface area contributed by atoms with Crippen LogP contribution in [0.2, 0.25) is 0 Å². The molecule has 0 aliphatic rings.